The number of urea groups is 1. The van der Waals surface area contributed by atoms with Crippen LogP contribution in [0.1, 0.15) is 11.9 Å². The van der Waals surface area contributed by atoms with E-state index < -0.39 is 16.1 Å². The summed E-state index contributed by atoms with van der Waals surface area (Å²) in [5, 5.41) is 14.9. The molecule has 0 aliphatic heterocycles. The number of ether oxygens (including phenoxy) is 1. The van der Waals surface area contributed by atoms with Crippen LogP contribution >= 0.6 is 11.3 Å². The van der Waals surface area contributed by atoms with E-state index in [1.807, 2.05) is 36.6 Å². The highest BCUT2D eigenvalue weighted by atomic mass is 32.2. The molecule has 0 saturated carbocycles. The standard InChI is InChI=1S/C21H19N5O4S2/c1-2-30-17-7-3-14(4-8-17)19-13-31-20(25-19)15(11-22)12-24-16-5-9-18(10-6-16)32(28,29)26-21(23)27/h3-10,12-13,24H,2H2,1H3,(H3,23,26,27)/b15-12+. The van der Waals surface area contributed by atoms with Gasteiger partial charge in [-0.15, -0.1) is 11.3 Å². The van der Waals surface area contributed by atoms with Crippen LogP contribution in [0.4, 0.5) is 10.5 Å². The van der Waals surface area contributed by atoms with Crippen LogP contribution in [0.5, 0.6) is 5.75 Å². The summed E-state index contributed by atoms with van der Waals surface area (Å²) < 4.78 is 31.0. The maximum atomic E-state index is 11.9. The van der Waals surface area contributed by atoms with Crippen molar-refractivity contribution in [3.63, 3.8) is 0 Å². The van der Waals surface area contributed by atoms with Crippen molar-refractivity contribution >= 4 is 38.7 Å². The molecule has 1 aromatic heterocycles. The quantitative estimate of drug-likeness (QED) is 0.427. The Kier molecular flexibility index (Phi) is 7.09. The molecule has 9 nitrogen and oxygen atoms in total. The molecule has 0 spiro atoms. The Balaban J connectivity index is 1.73. The summed E-state index contributed by atoms with van der Waals surface area (Å²) in [6.07, 6.45) is 1.49. The highest BCUT2D eigenvalue weighted by molar-refractivity contribution is 7.90. The average Bonchev–Trinajstić information content (AvgIpc) is 3.24. The Hall–Kier alpha value is -3.88. The zero-order chi connectivity index (χ0) is 23.1. The lowest BCUT2D eigenvalue weighted by Crippen LogP contribution is -2.34. The third kappa shape index (κ3) is 5.63. The van der Waals surface area contributed by atoms with Crippen molar-refractivity contribution < 1.29 is 17.9 Å². The molecular formula is C21H19N5O4S2. The van der Waals surface area contributed by atoms with Gasteiger partial charge in [0.2, 0.25) is 0 Å². The average molecular weight is 470 g/mol. The molecule has 0 unspecified atom stereocenters. The maximum absolute atomic E-state index is 11.9. The highest BCUT2D eigenvalue weighted by Gasteiger charge is 2.15. The number of primary amides is 1. The van der Waals surface area contributed by atoms with E-state index in [-0.39, 0.29) is 4.90 Å². The van der Waals surface area contributed by atoms with Gasteiger partial charge in [0.1, 0.15) is 22.4 Å². The van der Waals surface area contributed by atoms with Crippen LogP contribution in [0.25, 0.3) is 16.8 Å². The summed E-state index contributed by atoms with van der Waals surface area (Å²) in [6, 6.07) is 14.1. The topological polar surface area (TPSA) is 147 Å². The number of nitrogens with one attached hydrogen (secondary N) is 2. The number of nitriles is 1. The van der Waals surface area contributed by atoms with Crippen molar-refractivity contribution in [2.45, 2.75) is 11.8 Å². The van der Waals surface area contributed by atoms with E-state index in [0.717, 1.165) is 17.0 Å². The SMILES string of the molecule is CCOc1ccc(-c2csc(/C(C#N)=C/Nc3ccc(S(=O)(=O)NC(N)=O)cc3)n2)cc1. The van der Waals surface area contributed by atoms with Crippen molar-refractivity contribution in [3.8, 4) is 23.1 Å². The van der Waals surface area contributed by atoms with Crippen LogP contribution in [0.2, 0.25) is 0 Å². The molecule has 0 aliphatic carbocycles. The number of sulfonamides is 1. The van der Waals surface area contributed by atoms with Gasteiger partial charge in [-0.1, -0.05) is 0 Å². The van der Waals surface area contributed by atoms with Gasteiger partial charge in [-0.3, -0.25) is 0 Å². The number of allylic oxidation sites excluding steroid dienone is 1. The van der Waals surface area contributed by atoms with E-state index >= 15 is 0 Å². The monoisotopic (exact) mass is 469 g/mol. The number of amides is 2. The molecule has 0 atom stereocenters. The van der Waals surface area contributed by atoms with Crippen LogP contribution in [0.15, 0.2) is 65.0 Å². The Morgan fingerprint density at radius 1 is 1.22 bits per heavy atom. The number of hydrogen-bond donors (Lipinski definition) is 3. The molecule has 0 aliphatic rings. The van der Waals surface area contributed by atoms with E-state index in [1.165, 1.54) is 41.8 Å². The molecule has 11 heteroatoms. The van der Waals surface area contributed by atoms with Gasteiger partial charge in [0, 0.05) is 22.8 Å². The Morgan fingerprint density at radius 2 is 1.91 bits per heavy atom. The molecule has 0 fully saturated rings. The fourth-order valence-corrected chi connectivity index (χ4v) is 4.31. The largest absolute Gasteiger partial charge is 0.494 e. The molecule has 0 bridgehead atoms. The zero-order valence-corrected chi connectivity index (χ0v) is 18.5. The van der Waals surface area contributed by atoms with Gasteiger partial charge in [-0.2, -0.15) is 5.26 Å². The Bertz CT molecular complexity index is 1270. The number of aromatic nitrogens is 1. The lowest BCUT2D eigenvalue weighted by Gasteiger charge is -2.06. The molecule has 0 saturated heterocycles. The van der Waals surface area contributed by atoms with E-state index in [4.69, 9.17) is 10.5 Å². The van der Waals surface area contributed by atoms with Gasteiger partial charge < -0.3 is 15.8 Å². The second kappa shape index (κ2) is 9.95. The fourth-order valence-electron chi connectivity index (χ4n) is 2.64. The van der Waals surface area contributed by atoms with E-state index in [9.17, 15) is 18.5 Å². The lowest BCUT2D eigenvalue weighted by atomic mass is 10.2. The molecule has 2 aromatic carbocycles. The summed E-state index contributed by atoms with van der Waals surface area (Å²) in [4.78, 5) is 15.2. The van der Waals surface area contributed by atoms with Gasteiger partial charge in [-0.05, 0) is 55.5 Å². The number of nitrogens with two attached hydrogens (primary N) is 1. The van der Waals surface area contributed by atoms with Crippen LogP contribution < -0.4 is 20.5 Å². The fraction of sp³-hybridized carbons (Fsp3) is 0.0952. The predicted octanol–water partition coefficient (Wildman–Crippen LogP) is 3.54. The molecule has 1 heterocycles. The summed E-state index contributed by atoms with van der Waals surface area (Å²) >= 11 is 1.33. The molecule has 32 heavy (non-hydrogen) atoms. The summed E-state index contributed by atoms with van der Waals surface area (Å²) in [5.41, 5.74) is 7.37. The number of hydrogen-bond acceptors (Lipinski definition) is 8. The van der Waals surface area contributed by atoms with E-state index in [2.05, 4.69) is 16.4 Å². The van der Waals surface area contributed by atoms with Gasteiger partial charge in [-0.25, -0.2) is 22.9 Å². The Morgan fingerprint density at radius 3 is 2.50 bits per heavy atom. The third-order valence-electron chi connectivity index (χ3n) is 4.10. The normalized spacial score (nSPS) is 11.4. The lowest BCUT2D eigenvalue weighted by molar-refractivity contribution is 0.253. The maximum Gasteiger partial charge on any atom is 0.326 e. The molecule has 3 rings (SSSR count). The zero-order valence-electron chi connectivity index (χ0n) is 16.9. The second-order valence-electron chi connectivity index (χ2n) is 6.30. The van der Waals surface area contributed by atoms with Crippen LogP contribution in [-0.2, 0) is 10.0 Å². The van der Waals surface area contributed by atoms with Crippen molar-refractivity contribution in [1.82, 2.24) is 9.71 Å². The van der Waals surface area contributed by atoms with Crippen molar-refractivity contribution in [3.05, 3.63) is 65.1 Å². The second-order valence-corrected chi connectivity index (χ2v) is 8.84. The molecule has 164 valence electrons. The van der Waals surface area contributed by atoms with E-state index in [0.29, 0.717) is 22.9 Å². The molecule has 2 amide bonds. The first-order valence-corrected chi connectivity index (χ1v) is 11.7. The van der Waals surface area contributed by atoms with Crippen molar-refractivity contribution in [1.29, 1.82) is 5.26 Å². The number of anilines is 1. The smallest absolute Gasteiger partial charge is 0.326 e. The molecule has 3 aromatic rings. The number of carbonyl (C=O) groups is 1. The minimum absolute atomic E-state index is 0.119. The minimum atomic E-state index is -4.02. The molecular weight excluding hydrogens is 450 g/mol. The first kappa shape index (κ1) is 22.8. The van der Waals surface area contributed by atoms with Crippen molar-refractivity contribution in [2.75, 3.05) is 11.9 Å². The first-order chi connectivity index (χ1) is 15.3. The molecule has 4 N–H and O–H groups in total. The number of rotatable bonds is 8. The Labute approximate surface area is 189 Å². The van der Waals surface area contributed by atoms with Gasteiger partial charge >= 0.3 is 6.03 Å². The van der Waals surface area contributed by atoms with Gasteiger partial charge in [0.05, 0.1) is 17.2 Å². The van der Waals surface area contributed by atoms with Crippen LogP contribution in [0, 0.1) is 11.3 Å². The highest BCUT2D eigenvalue weighted by Crippen LogP contribution is 2.27. The van der Waals surface area contributed by atoms with Crippen LogP contribution in [0.3, 0.4) is 0 Å². The van der Waals surface area contributed by atoms with Crippen LogP contribution in [-0.4, -0.2) is 26.0 Å². The minimum Gasteiger partial charge on any atom is -0.494 e. The summed E-state index contributed by atoms with van der Waals surface area (Å²) in [5.74, 6) is 0.776. The van der Waals surface area contributed by atoms with Crippen molar-refractivity contribution in [2.24, 2.45) is 5.73 Å². The first-order valence-electron chi connectivity index (χ1n) is 9.30. The third-order valence-corrected chi connectivity index (χ3v) is 6.34. The summed E-state index contributed by atoms with van der Waals surface area (Å²) in [7, 11) is -4.02. The van der Waals surface area contributed by atoms with Gasteiger partial charge in [0.15, 0.2) is 0 Å². The number of carbonyl (C=O) groups excluding carboxylic acids is 1. The molecule has 0 radical (unpaired) electrons. The summed E-state index contributed by atoms with van der Waals surface area (Å²) in [6.45, 7) is 2.51. The number of nitrogens with zero attached hydrogens (tertiary/aromatic N) is 2. The number of thiazole rings is 1. The van der Waals surface area contributed by atoms with Gasteiger partial charge in [0.25, 0.3) is 10.0 Å². The number of benzene rings is 2. The van der Waals surface area contributed by atoms with E-state index in [1.54, 1.807) is 4.72 Å². The predicted molar refractivity (Wildman–Crippen MR) is 122 cm³/mol.